The number of benzene rings is 2. The van der Waals surface area contributed by atoms with E-state index in [1.807, 2.05) is 15.8 Å². The highest BCUT2D eigenvalue weighted by atomic mass is 79.9. The first-order valence-electron chi connectivity index (χ1n) is 6.54. The van der Waals surface area contributed by atoms with Crippen molar-refractivity contribution in [2.24, 2.45) is 0 Å². The summed E-state index contributed by atoms with van der Waals surface area (Å²) in [5.41, 5.74) is 1.70. The molecule has 0 aromatic heterocycles. The van der Waals surface area contributed by atoms with E-state index in [1.165, 1.54) is 24.3 Å². The highest BCUT2D eigenvalue weighted by molar-refractivity contribution is 9.11. The van der Waals surface area contributed by atoms with E-state index in [1.54, 1.807) is 0 Å². The third-order valence-electron chi connectivity index (χ3n) is 3.40. The summed E-state index contributed by atoms with van der Waals surface area (Å²) >= 11 is 13.6. The monoisotopic (exact) mass is 571 g/mol. The van der Waals surface area contributed by atoms with E-state index in [-0.39, 0.29) is 11.6 Å². The summed E-state index contributed by atoms with van der Waals surface area (Å²) in [6.07, 6.45) is 1.92. The average Bonchev–Trinajstić information content (AvgIpc) is 2.85. The van der Waals surface area contributed by atoms with Crippen LogP contribution in [0.2, 0.25) is 0 Å². The molecule has 1 aliphatic heterocycles. The normalized spacial score (nSPS) is 14.3. The highest BCUT2D eigenvalue weighted by Crippen LogP contribution is 2.38. The van der Waals surface area contributed by atoms with Gasteiger partial charge in [-0.2, -0.15) is 0 Å². The van der Waals surface area contributed by atoms with Crippen LogP contribution >= 0.6 is 63.7 Å². The quantitative estimate of drug-likeness (QED) is 0.387. The Morgan fingerprint density at radius 1 is 0.826 bits per heavy atom. The average molecular weight is 575 g/mol. The lowest BCUT2D eigenvalue weighted by atomic mass is 10.3. The van der Waals surface area contributed by atoms with Crippen LogP contribution in [-0.2, 0) is 0 Å². The first kappa shape index (κ1) is 17.5. The Bertz CT molecular complexity index is 777. The van der Waals surface area contributed by atoms with Crippen LogP contribution in [0.15, 0.2) is 42.2 Å². The molecule has 23 heavy (non-hydrogen) atoms. The molecular weight excluding hydrogens is 566 g/mol. The Labute approximate surface area is 165 Å². The molecule has 1 heterocycles. The van der Waals surface area contributed by atoms with Gasteiger partial charge in [-0.15, -0.1) is 0 Å². The van der Waals surface area contributed by atoms with E-state index in [2.05, 4.69) is 63.7 Å². The molecule has 0 radical (unpaired) electrons. The van der Waals surface area contributed by atoms with Gasteiger partial charge in [-0.25, -0.2) is 18.3 Å². The van der Waals surface area contributed by atoms with E-state index in [0.29, 0.717) is 17.9 Å². The molecule has 0 amide bonds. The van der Waals surface area contributed by atoms with Crippen LogP contribution in [-0.4, -0.2) is 24.0 Å². The molecule has 0 atom stereocenters. The summed E-state index contributed by atoms with van der Waals surface area (Å²) in [5.74, 6) is -0.625. The second kappa shape index (κ2) is 6.90. The second-order valence-corrected chi connectivity index (χ2v) is 8.36. The van der Waals surface area contributed by atoms with Gasteiger partial charge in [0.15, 0.2) is 11.4 Å². The van der Waals surface area contributed by atoms with Crippen molar-refractivity contribution in [2.45, 2.75) is 0 Å². The molecule has 0 aliphatic carbocycles. The number of nitrogens with zero attached hydrogens (tertiary/aromatic N) is 2. The summed E-state index contributed by atoms with van der Waals surface area (Å²) in [7, 11) is 0. The topological polar surface area (TPSA) is 6.25 Å². The minimum atomic E-state index is -0.312. The number of anilines is 1. The highest BCUT2D eigenvalue weighted by Gasteiger charge is 2.29. The van der Waals surface area contributed by atoms with Gasteiger partial charge in [0, 0.05) is 0 Å². The molecule has 0 fully saturated rings. The third-order valence-corrected chi connectivity index (χ3v) is 5.82. The molecule has 0 bridgehead atoms. The van der Waals surface area contributed by atoms with Gasteiger partial charge in [-0.3, -0.25) is 0 Å². The first-order chi connectivity index (χ1) is 10.9. The van der Waals surface area contributed by atoms with Crippen LogP contribution in [0, 0.1) is 11.6 Å². The Balaban J connectivity index is 2.03. The molecule has 0 unspecified atom stereocenters. The van der Waals surface area contributed by atoms with Crippen molar-refractivity contribution in [3.63, 3.8) is 0 Å². The van der Waals surface area contributed by atoms with Gasteiger partial charge in [0.2, 0.25) is 6.34 Å². The van der Waals surface area contributed by atoms with Crippen LogP contribution in [0.25, 0.3) is 0 Å². The molecule has 0 saturated carbocycles. The van der Waals surface area contributed by atoms with Crippen LogP contribution in [0.1, 0.15) is 0 Å². The van der Waals surface area contributed by atoms with E-state index < -0.39 is 0 Å². The van der Waals surface area contributed by atoms with Gasteiger partial charge in [0.1, 0.15) is 24.7 Å². The van der Waals surface area contributed by atoms with Crippen LogP contribution in [0.4, 0.5) is 20.2 Å². The van der Waals surface area contributed by atoms with Gasteiger partial charge in [-0.1, -0.05) is 0 Å². The molecular formula is C15H9Br4F2N2+. The zero-order valence-corrected chi connectivity index (χ0v) is 17.8. The Morgan fingerprint density at radius 3 is 1.83 bits per heavy atom. The molecule has 2 nitrogen and oxygen atoms in total. The van der Waals surface area contributed by atoms with E-state index in [9.17, 15) is 8.78 Å². The largest absolute Gasteiger partial charge is 0.244 e. The predicted octanol–water partition coefficient (Wildman–Crippen LogP) is 6.21. The summed E-state index contributed by atoms with van der Waals surface area (Å²) in [5, 5.41) is 0. The predicted molar refractivity (Wildman–Crippen MR) is 102 cm³/mol. The van der Waals surface area contributed by atoms with Gasteiger partial charge >= 0.3 is 0 Å². The van der Waals surface area contributed by atoms with Crippen molar-refractivity contribution >= 4 is 81.4 Å². The standard InChI is InChI=1S/C15H9Br4F2N2/c16-10-3-8(20)4-11(17)14(10)22-1-2-23(7-22)15-12(18)5-9(21)6-13(15)19/h3-7H,1-2H2/q+1. The van der Waals surface area contributed by atoms with Gasteiger partial charge in [-0.05, 0) is 88.0 Å². The molecule has 2 aromatic rings. The van der Waals surface area contributed by atoms with E-state index in [0.717, 1.165) is 24.5 Å². The van der Waals surface area contributed by atoms with E-state index in [4.69, 9.17) is 0 Å². The lowest BCUT2D eigenvalue weighted by Crippen LogP contribution is -2.19. The molecule has 8 heteroatoms. The molecule has 2 aromatic carbocycles. The van der Waals surface area contributed by atoms with Crippen LogP contribution in [0.5, 0.6) is 0 Å². The van der Waals surface area contributed by atoms with Crippen molar-refractivity contribution in [1.29, 1.82) is 0 Å². The zero-order chi connectivity index (χ0) is 16.7. The summed E-state index contributed by atoms with van der Waals surface area (Å²) < 4.78 is 31.5. The molecule has 0 saturated heterocycles. The number of halogens is 6. The minimum absolute atomic E-state index is 0.312. The molecule has 120 valence electrons. The van der Waals surface area contributed by atoms with Crippen LogP contribution < -0.4 is 4.90 Å². The number of hydrogen-bond donors (Lipinski definition) is 0. The van der Waals surface area contributed by atoms with Crippen molar-refractivity contribution in [3.05, 3.63) is 53.8 Å². The Kier molecular flexibility index (Phi) is 5.25. The summed E-state index contributed by atoms with van der Waals surface area (Å²) in [4.78, 5) is 2.01. The fraction of sp³-hybridized carbons (Fsp3) is 0.133. The molecule has 0 N–H and O–H groups in total. The van der Waals surface area contributed by atoms with Gasteiger partial charge in [0.25, 0.3) is 0 Å². The fourth-order valence-corrected chi connectivity index (χ4v) is 5.63. The third kappa shape index (κ3) is 3.55. The number of hydrogen-bond acceptors (Lipinski definition) is 1. The summed E-state index contributed by atoms with van der Waals surface area (Å²) in [6, 6.07) is 5.72. The number of rotatable bonds is 2. The lowest BCUT2D eigenvalue weighted by Gasteiger charge is -2.10. The van der Waals surface area contributed by atoms with Crippen molar-refractivity contribution < 1.29 is 13.4 Å². The smallest absolute Gasteiger partial charge is 0.227 e. The van der Waals surface area contributed by atoms with Crippen molar-refractivity contribution in [3.8, 4) is 0 Å². The van der Waals surface area contributed by atoms with Crippen molar-refractivity contribution in [1.82, 2.24) is 0 Å². The van der Waals surface area contributed by atoms with Crippen LogP contribution in [0.3, 0.4) is 0 Å². The van der Waals surface area contributed by atoms with Crippen molar-refractivity contribution in [2.75, 3.05) is 18.0 Å². The Morgan fingerprint density at radius 2 is 1.30 bits per heavy atom. The maximum absolute atomic E-state index is 13.4. The second-order valence-electron chi connectivity index (χ2n) is 4.94. The molecule has 1 aliphatic rings. The fourth-order valence-electron chi connectivity index (χ4n) is 2.46. The van der Waals surface area contributed by atoms with E-state index >= 15 is 0 Å². The van der Waals surface area contributed by atoms with Gasteiger partial charge < -0.3 is 0 Å². The summed E-state index contributed by atoms with van der Waals surface area (Å²) in [6.45, 7) is 1.44. The maximum Gasteiger partial charge on any atom is 0.244 e. The zero-order valence-electron chi connectivity index (χ0n) is 11.5. The maximum atomic E-state index is 13.4. The SMILES string of the molecule is Fc1cc(Br)c(N2C=[N+](c3c(Br)cc(F)cc3Br)CC2)c(Br)c1. The van der Waals surface area contributed by atoms with Gasteiger partial charge in [0.05, 0.1) is 17.9 Å². The minimum Gasteiger partial charge on any atom is -0.227 e. The molecule has 0 spiro atoms. The lowest BCUT2D eigenvalue weighted by molar-refractivity contribution is -0.425. The molecule has 3 rings (SSSR count). The Hall–Kier alpha value is -0.310. The first-order valence-corrected chi connectivity index (χ1v) is 9.71.